The number of nitrogens with zero attached hydrogens (tertiary/aromatic N) is 1. The largest absolute Gasteiger partial charge is 0.338 e. The van der Waals surface area contributed by atoms with E-state index in [1.54, 1.807) is 0 Å². The van der Waals surface area contributed by atoms with Crippen LogP contribution in [0.4, 0.5) is 0 Å². The number of hydrogen-bond acceptors (Lipinski definition) is 2. The lowest BCUT2D eigenvalue weighted by Crippen LogP contribution is -2.31. The van der Waals surface area contributed by atoms with E-state index in [0.717, 1.165) is 51.7 Å². The Morgan fingerprint density at radius 1 is 1.10 bits per heavy atom. The molecule has 0 unspecified atom stereocenters. The van der Waals surface area contributed by atoms with Gasteiger partial charge in [-0.3, -0.25) is 4.79 Å². The molecule has 0 fully saturated rings. The third kappa shape index (κ3) is 7.28. The number of benzene rings is 1. The molecule has 0 heterocycles. The van der Waals surface area contributed by atoms with Crippen LogP contribution in [-0.4, -0.2) is 23.9 Å². The Kier molecular flexibility index (Phi) is 8.76. The second-order valence-corrected chi connectivity index (χ2v) is 5.75. The summed E-state index contributed by atoms with van der Waals surface area (Å²) >= 11 is 0. The van der Waals surface area contributed by atoms with Gasteiger partial charge >= 0.3 is 0 Å². The minimum atomic E-state index is 0.283. The Balaban J connectivity index is 2.43. The highest BCUT2D eigenvalue weighted by Gasteiger charge is 2.12. The van der Waals surface area contributed by atoms with Crippen molar-refractivity contribution in [2.24, 2.45) is 5.73 Å². The Morgan fingerprint density at radius 2 is 1.76 bits per heavy atom. The Hall–Kier alpha value is -1.35. The summed E-state index contributed by atoms with van der Waals surface area (Å²) in [5.41, 5.74) is 7.95. The van der Waals surface area contributed by atoms with Crippen LogP contribution in [0.5, 0.6) is 0 Å². The minimum absolute atomic E-state index is 0.283. The maximum Gasteiger partial charge on any atom is 0.222 e. The molecule has 0 spiro atoms. The molecule has 3 nitrogen and oxygen atoms in total. The third-order valence-electron chi connectivity index (χ3n) is 3.69. The van der Waals surface area contributed by atoms with Gasteiger partial charge in [0.25, 0.3) is 0 Å². The van der Waals surface area contributed by atoms with Crippen molar-refractivity contribution >= 4 is 5.91 Å². The molecule has 1 aromatic carbocycles. The predicted octanol–water partition coefficient (Wildman–Crippen LogP) is 3.64. The summed E-state index contributed by atoms with van der Waals surface area (Å²) in [4.78, 5) is 14.3. The number of carbonyl (C=O) groups excluding carboxylic acids is 1. The van der Waals surface area contributed by atoms with Crippen LogP contribution in [0.15, 0.2) is 24.3 Å². The highest BCUT2D eigenvalue weighted by Crippen LogP contribution is 2.11. The summed E-state index contributed by atoms with van der Waals surface area (Å²) in [5, 5.41) is 0. The number of amides is 1. The van der Waals surface area contributed by atoms with Gasteiger partial charge in [-0.25, -0.2) is 0 Å². The topological polar surface area (TPSA) is 46.3 Å². The van der Waals surface area contributed by atoms with Gasteiger partial charge in [0, 0.05) is 19.5 Å². The lowest BCUT2D eigenvalue weighted by Gasteiger charge is -2.22. The summed E-state index contributed by atoms with van der Waals surface area (Å²) < 4.78 is 0. The third-order valence-corrected chi connectivity index (χ3v) is 3.69. The second-order valence-electron chi connectivity index (χ2n) is 5.75. The first-order valence-electron chi connectivity index (χ1n) is 8.20. The molecule has 21 heavy (non-hydrogen) atoms. The zero-order valence-corrected chi connectivity index (χ0v) is 13.6. The van der Waals surface area contributed by atoms with Crippen LogP contribution in [0, 0.1) is 6.92 Å². The zero-order chi connectivity index (χ0) is 15.5. The van der Waals surface area contributed by atoms with Crippen LogP contribution in [0.3, 0.4) is 0 Å². The number of carbonyl (C=O) groups is 1. The van der Waals surface area contributed by atoms with Crippen LogP contribution in [0.25, 0.3) is 0 Å². The van der Waals surface area contributed by atoms with Crippen LogP contribution >= 0.6 is 0 Å². The van der Waals surface area contributed by atoms with E-state index in [4.69, 9.17) is 5.73 Å². The van der Waals surface area contributed by atoms with Crippen molar-refractivity contribution in [3.63, 3.8) is 0 Å². The Morgan fingerprint density at radius 3 is 2.38 bits per heavy atom. The molecule has 0 saturated carbocycles. The first kappa shape index (κ1) is 17.7. The molecule has 0 aliphatic carbocycles. The van der Waals surface area contributed by atoms with Crippen LogP contribution in [-0.2, 0) is 11.3 Å². The maximum atomic E-state index is 12.3. The Bertz CT molecular complexity index is 400. The highest BCUT2D eigenvalue weighted by molar-refractivity contribution is 5.76. The molecule has 0 aliphatic rings. The first-order valence-corrected chi connectivity index (χ1v) is 8.20. The Labute approximate surface area is 129 Å². The molecule has 1 amide bonds. The number of unbranched alkanes of at least 4 members (excludes halogenated alkanes) is 3. The van der Waals surface area contributed by atoms with E-state index in [0.29, 0.717) is 6.42 Å². The van der Waals surface area contributed by atoms with Crippen LogP contribution in [0.2, 0.25) is 0 Å². The fraction of sp³-hybridized carbons (Fsp3) is 0.611. The lowest BCUT2D eigenvalue weighted by atomic mass is 10.1. The quantitative estimate of drug-likeness (QED) is 0.669. The van der Waals surface area contributed by atoms with Crippen LogP contribution < -0.4 is 5.73 Å². The number of rotatable bonds is 10. The van der Waals surface area contributed by atoms with Gasteiger partial charge in [0.15, 0.2) is 0 Å². The average Bonchev–Trinajstić information content (AvgIpc) is 2.48. The highest BCUT2D eigenvalue weighted by atomic mass is 16.2. The van der Waals surface area contributed by atoms with E-state index in [2.05, 4.69) is 38.1 Å². The van der Waals surface area contributed by atoms with Gasteiger partial charge in [-0.05, 0) is 38.3 Å². The van der Waals surface area contributed by atoms with E-state index in [9.17, 15) is 4.79 Å². The lowest BCUT2D eigenvalue weighted by molar-refractivity contribution is -0.132. The molecule has 2 N–H and O–H groups in total. The van der Waals surface area contributed by atoms with E-state index in [-0.39, 0.29) is 5.91 Å². The molecule has 0 aliphatic heterocycles. The van der Waals surface area contributed by atoms with Crippen molar-refractivity contribution in [3.05, 3.63) is 35.4 Å². The standard InChI is InChI=1S/C18H30N2O/c1-3-14-20(15-17-11-9-16(2)10-12-17)18(21)8-6-4-5-7-13-19/h9-12H,3-8,13-15,19H2,1-2H3. The first-order chi connectivity index (χ1) is 10.2. The summed E-state index contributed by atoms with van der Waals surface area (Å²) in [6, 6.07) is 8.45. The molecule has 0 atom stereocenters. The van der Waals surface area contributed by atoms with Gasteiger partial charge in [-0.2, -0.15) is 0 Å². The van der Waals surface area contributed by atoms with E-state index >= 15 is 0 Å². The van der Waals surface area contributed by atoms with E-state index in [1.807, 2.05) is 4.90 Å². The number of nitrogens with two attached hydrogens (primary N) is 1. The fourth-order valence-electron chi connectivity index (χ4n) is 2.41. The molecule has 118 valence electrons. The molecular formula is C18H30N2O. The van der Waals surface area contributed by atoms with Gasteiger partial charge in [-0.15, -0.1) is 0 Å². The van der Waals surface area contributed by atoms with Gasteiger partial charge in [0.05, 0.1) is 0 Å². The normalized spacial score (nSPS) is 10.6. The summed E-state index contributed by atoms with van der Waals surface area (Å²) in [6.45, 7) is 6.53. The molecular weight excluding hydrogens is 260 g/mol. The minimum Gasteiger partial charge on any atom is -0.338 e. The molecule has 1 rings (SSSR count). The predicted molar refractivity (Wildman–Crippen MR) is 89.0 cm³/mol. The molecule has 0 bridgehead atoms. The number of hydrogen-bond donors (Lipinski definition) is 1. The average molecular weight is 290 g/mol. The van der Waals surface area contributed by atoms with E-state index < -0.39 is 0 Å². The second kappa shape index (κ2) is 10.4. The van der Waals surface area contributed by atoms with Gasteiger partial charge < -0.3 is 10.6 Å². The van der Waals surface area contributed by atoms with E-state index in [1.165, 1.54) is 11.1 Å². The van der Waals surface area contributed by atoms with Crippen molar-refractivity contribution in [2.75, 3.05) is 13.1 Å². The van der Waals surface area contributed by atoms with Crippen molar-refractivity contribution in [1.29, 1.82) is 0 Å². The molecule has 0 aromatic heterocycles. The summed E-state index contributed by atoms with van der Waals surface area (Å²) in [7, 11) is 0. The molecule has 0 saturated heterocycles. The van der Waals surface area contributed by atoms with Crippen molar-refractivity contribution < 1.29 is 4.79 Å². The molecule has 3 heteroatoms. The van der Waals surface area contributed by atoms with Crippen LogP contribution in [0.1, 0.15) is 56.6 Å². The molecule has 1 aromatic rings. The van der Waals surface area contributed by atoms with Crippen molar-refractivity contribution in [2.45, 2.75) is 58.9 Å². The summed E-state index contributed by atoms with van der Waals surface area (Å²) in [6.07, 6.45) is 5.95. The van der Waals surface area contributed by atoms with Crippen molar-refractivity contribution in [3.8, 4) is 0 Å². The maximum absolute atomic E-state index is 12.3. The molecule has 0 radical (unpaired) electrons. The van der Waals surface area contributed by atoms with Gasteiger partial charge in [-0.1, -0.05) is 49.6 Å². The SMILES string of the molecule is CCCN(Cc1ccc(C)cc1)C(=O)CCCCCCN. The fourth-order valence-corrected chi connectivity index (χ4v) is 2.41. The number of aryl methyl sites for hydroxylation is 1. The summed E-state index contributed by atoms with van der Waals surface area (Å²) in [5.74, 6) is 0.283. The van der Waals surface area contributed by atoms with Gasteiger partial charge in [0.1, 0.15) is 0 Å². The monoisotopic (exact) mass is 290 g/mol. The zero-order valence-electron chi connectivity index (χ0n) is 13.6. The van der Waals surface area contributed by atoms with Gasteiger partial charge in [0.2, 0.25) is 5.91 Å². The van der Waals surface area contributed by atoms with Crippen molar-refractivity contribution in [1.82, 2.24) is 4.90 Å². The smallest absolute Gasteiger partial charge is 0.222 e.